The molecule has 7 nitrogen and oxygen atoms in total. The first-order chi connectivity index (χ1) is 11.5. The molecule has 0 fully saturated rings. The lowest BCUT2D eigenvalue weighted by Gasteiger charge is -2.23. The number of hydrogen-bond donors (Lipinski definition) is 2. The van der Waals surface area contributed by atoms with Crippen LogP contribution in [-0.4, -0.2) is 29.2 Å². The molecule has 0 saturated carbocycles. The largest absolute Gasteiger partial charge is 0.474 e. The van der Waals surface area contributed by atoms with E-state index in [0.29, 0.717) is 34.9 Å². The number of rotatable bonds is 4. The number of ether oxygens (including phenoxy) is 1. The van der Waals surface area contributed by atoms with E-state index in [1.165, 1.54) is 0 Å². The van der Waals surface area contributed by atoms with Crippen LogP contribution in [0, 0.1) is 11.3 Å². The minimum Gasteiger partial charge on any atom is -0.474 e. The average molecular weight is 326 g/mol. The van der Waals surface area contributed by atoms with Crippen molar-refractivity contribution in [3.05, 3.63) is 11.1 Å². The predicted molar refractivity (Wildman–Crippen MR) is 95.0 cm³/mol. The topological polar surface area (TPSA) is 114 Å². The fourth-order valence-corrected chi connectivity index (χ4v) is 3.29. The van der Waals surface area contributed by atoms with Gasteiger partial charge in [0.2, 0.25) is 5.88 Å². The fourth-order valence-electron chi connectivity index (χ4n) is 3.29. The van der Waals surface area contributed by atoms with Crippen LogP contribution in [0.1, 0.15) is 38.3 Å². The number of hydrogen-bond acceptors (Lipinski definition) is 7. The van der Waals surface area contributed by atoms with Crippen molar-refractivity contribution in [1.82, 2.24) is 9.97 Å². The zero-order valence-corrected chi connectivity index (χ0v) is 14.3. The third kappa shape index (κ3) is 2.26. The minimum atomic E-state index is 0.0512. The van der Waals surface area contributed by atoms with Crippen LogP contribution in [0.2, 0.25) is 0 Å². The molecule has 3 rings (SSSR count). The van der Waals surface area contributed by atoms with Crippen molar-refractivity contribution >= 4 is 28.2 Å². The van der Waals surface area contributed by atoms with Crippen LogP contribution < -0.4 is 21.1 Å². The summed E-state index contributed by atoms with van der Waals surface area (Å²) in [5, 5.41) is 11.1. The van der Waals surface area contributed by atoms with Gasteiger partial charge in [0, 0.05) is 30.5 Å². The van der Waals surface area contributed by atoms with Crippen LogP contribution in [0.5, 0.6) is 5.88 Å². The minimum absolute atomic E-state index is 0.0512. The Kier molecular flexibility index (Phi) is 4.06. The quantitative estimate of drug-likeness (QED) is 0.885. The number of anilines is 3. The van der Waals surface area contributed by atoms with Crippen LogP contribution in [0.4, 0.5) is 17.5 Å². The molecule has 3 heterocycles. The predicted octanol–water partition coefficient (Wildman–Crippen LogP) is 2.23. The summed E-state index contributed by atoms with van der Waals surface area (Å²) in [6.07, 6.45) is 1.62. The standard InChI is InChI=1S/C17H22N6O/c1-4-9-7-10-12-11(8-18)16(23(5-2)6-3)21-14(19)13(12)15(20)22-17(10)24-9/h9H,4-7H2,1-3H3,(H2,19,21)(H2,20,22)/t9-/m1/s1. The maximum atomic E-state index is 9.83. The Labute approximate surface area is 141 Å². The summed E-state index contributed by atoms with van der Waals surface area (Å²) in [5.74, 6) is 1.67. The first kappa shape index (κ1) is 16.1. The van der Waals surface area contributed by atoms with Crippen molar-refractivity contribution in [2.45, 2.75) is 39.7 Å². The molecule has 7 heteroatoms. The molecule has 0 aromatic carbocycles. The molecule has 1 atom stereocenters. The molecular weight excluding hydrogens is 304 g/mol. The van der Waals surface area contributed by atoms with Crippen LogP contribution in [-0.2, 0) is 6.42 Å². The van der Waals surface area contributed by atoms with Gasteiger partial charge in [0.25, 0.3) is 0 Å². The van der Waals surface area contributed by atoms with E-state index in [4.69, 9.17) is 16.2 Å². The maximum absolute atomic E-state index is 9.83. The molecule has 2 aromatic rings. The molecule has 0 spiro atoms. The zero-order valence-electron chi connectivity index (χ0n) is 14.3. The Morgan fingerprint density at radius 2 is 1.83 bits per heavy atom. The lowest BCUT2D eigenvalue weighted by Crippen LogP contribution is -2.24. The van der Waals surface area contributed by atoms with Gasteiger partial charge in [0.05, 0.1) is 5.39 Å². The normalized spacial score (nSPS) is 15.8. The summed E-state index contributed by atoms with van der Waals surface area (Å²) in [4.78, 5) is 10.8. The van der Waals surface area contributed by atoms with Crippen LogP contribution >= 0.6 is 0 Å². The van der Waals surface area contributed by atoms with E-state index in [0.717, 1.165) is 30.5 Å². The molecule has 0 radical (unpaired) electrons. The van der Waals surface area contributed by atoms with Gasteiger partial charge in [-0.1, -0.05) is 6.92 Å². The second-order valence-electron chi connectivity index (χ2n) is 5.86. The molecular formula is C17H22N6O. The van der Waals surface area contributed by atoms with Crippen molar-refractivity contribution in [3.63, 3.8) is 0 Å². The van der Waals surface area contributed by atoms with E-state index >= 15 is 0 Å². The first-order valence-corrected chi connectivity index (χ1v) is 8.28. The lowest BCUT2D eigenvalue weighted by atomic mass is 9.98. The van der Waals surface area contributed by atoms with Crippen LogP contribution in [0.3, 0.4) is 0 Å². The molecule has 4 N–H and O–H groups in total. The summed E-state index contributed by atoms with van der Waals surface area (Å²) < 4.78 is 5.86. The van der Waals surface area contributed by atoms with Crippen molar-refractivity contribution in [1.29, 1.82) is 5.26 Å². The van der Waals surface area contributed by atoms with Crippen molar-refractivity contribution in [3.8, 4) is 11.9 Å². The van der Waals surface area contributed by atoms with E-state index in [2.05, 4.69) is 23.0 Å². The third-order valence-electron chi connectivity index (χ3n) is 4.58. The highest BCUT2D eigenvalue weighted by Gasteiger charge is 2.30. The first-order valence-electron chi connectivity index (χ1n) is 8.28. The van der Waals surface area contributed by atoms with Gasteiger partial charge in [-0.2, -0.15) is 10.2 Å². The number of nitriles is 1. The van der Waals surface area contributed by atoms with Gasteiger partial charge in [-0.25, -0.2) is 4.98 Å². The summed E-state index contributed by atoms with van der Waals surface area (Å²) in [7, 11) is 0. The van der Waals surface area contributed by atoms with Gasteiger partial charge in [-0.15, -0.1) is 0 Å². The molecule has 0 aliphatic carbocycles. The summed E-state index contributed by atoms with van der Waals surface area (Å²) in [5.41, 5.74) is 13.7. The molecule has 0 unspecified atom stereocenters. The Morgan fingerprint density at radius 1 is 1.17 bits per heavy atom. The van der Waals surface area contributed by atoms with Gasteiger partial charge >= 0.3 is 0 Å². The van der Waals surface area contributed by atoms with Gasteiger partial charge < -0.3 is 21.1 Å². The van der Waals surface area contributed by atoms with E-state index < -0.39 is 0 Å². The van der Waals surface area contributed by atoms with Crippen LogP contribution in [0.25, 0.3) is 10.8 Å². The molecule has 1 aliphatic heterocycles. The smallest absolute Gasteiger partial charge is 0.219 e. The number of nitrogens with zero attached hydrogens (tertiary/aromatic N) is 4. The van der Waals surface area contributed by atoms with Gasteiger partial charge in [-0.05, 0) is 20.3 Å². The van der Waals surface area contributed by atoms with Gasteiger partial charge in [0.15, 0.2) is 0 Å². The SMILES string of the molecule is CC[C@@H]1Cc2c(nc(N)c3c(N)nc(N(CC)CC)c(C#N)c23)O1. The number of fused-ring (bicyclic) bond motifs is 3. The molecule has 0 bridgehead atoms. The fraction of sp³-hybridized carbons (Fsp3) is 0.471. The van der Waals surface area contributed by atoms with E-state index in [-0.39, 0.29) is 11.9 Å². The maximum Gasteiger partial charge on any atom is 0.219 e. The number of pyridine rings is 2. The molecule has 0 saturated heterocycles. The molecule has 126 valence electrons. The Balaban J connectivity index is 2.40. The monoisotopic (exact) mass is 326 g/mol. The van der Waals surface area contributed by atoms with Crippen molar-refractivity contribution in [2.75, 3.05) is 29.5 Å². The Morgan fingerprint density at radius 3 is 2.42 bits per heavy atom. The Bertz CT molecular complexity index is 838. The summed E-state index contributed by atoms with van der Waals surface area (Å²) in [6, 6.07) is 2.31. The van der Waals surface area contributed by atoms with E-state index in [9.17, 15) is 5.26 Å². The van der Waals surface area contributed by atoms with Gasteiger partial charge in [0.1, 0.15) is 35.2 Å². The number of nitrogen functional groups attached to an aromatic ring is 2. The van der Waals surface area contributed by atoms with Gasteiger partial charge in [-0.3, -0.25) is 0 Å². The highest BCUT2D eigenvalue weighted by Crippen LogP contribution is 2.42. The van der Waals surface area contributed by atoms with Crippen molar-refractivity contribution < 1.29 is 4.74 Å². The summed E-state index contributed by atoms with van der Waals surface area (Å²) in [6.45, 7) is 7.58. The lowest BCUT2D eigenvalue weighted by molar-refractivity contribution is 0.221. The van der Waals surface area contributed by atoms with E-state index in [1.54, 1.807) is 0 Å². The summed E-state index contributed by atoms with van der Waals surface area (Å²) >= 11 is 0. The zero-order chi connectivity index (χ0) is 17.4. The van der Waals surface area contributed by atoms with E-state index in [1.807, 2.05) is 18.7 Å². The van der Waals surface area contributed by atoms with Crippen LogP contribution in [0.15, 0.2) is 0 Å². The second kappa shape index (κ2) is 6.04. The molecule has 1 aliphatic rings. The highest BCUT2D eigenvalue weighted by molar-refractivity contribution is 6.06. The number of aromatic nitrogens is 2. The molecule has 0 amide bonds. The average Bonchev–Trinajstić information content (AvgIpc) is 2.98. The Hall–Kier alpha value is -2.75. The molecule has 24 heavy (non-hydrogen) atoms. The third-order valence-corrected chi connectivity index (χ3v) is 4.58. The second-order valence-corrected chi connectivity index (χ2v) is 5.86. The van der Waals surface area contributed by atoms with Crippen molar-refractivity contribution in [2.24, 2.45) is 0 Å². The highest BCUT2D eigenvalue weighted by atomic mass is 16.5. The molecule has 2 aromatic heterocycles. The number of nitrogens with two attached hydrogens (primary N) is 2.